The Balaban J connectivity index is 1.67. The Morgan fingerprint density at radius 3 is 2.65 bits per heavy atom. The van der Waals surface area contributed by atoms with Crippen LogP contribution in [0.2, 0.25) is 0 Å². The second-order valence-corrected chi connectivity index (χ2v) is 7.02. The number of hydrogen-bond acceptors (Lipinski definition) is 4. The van der Waals surface area contributed by atoms with Gasteiger partial charge in [0.2, 0.25) is 0 Å². The van der Waals surface area contributed by atoms with Crippen LogP contribution in [-0.2, 0) is 5.75 Å². The smallest absolute Gasteiger partial charge is 0.339 e. The van der Waals surface area contributed by atoms with E-state index in [2.05, 4.69) is 9.97 Å². The summed E-state index contributed by atoms with van der Waals surface area (Å²) < 4.78 is 0. The molecule has 1 N–H and O–H groups in total. The normalized spacial score (nSPS) is 20.0. The summed E-state index contributed by atoms with van der Waals surface area (Å²) in [5, 5.41) is 9.91. The highest BCUT2D eigenvalue weighted by molar-refractivity contribution is 7.99. The molecule has 1 aromatic heterocycles. The van der Waals surface area contributed by atoms with Gasteiger partial charge in [0.25, 0.3) is 0 Å². The molecule has 1 heterocycles. The zero-order valence-corrected chi connectivity index (χ0v) is 12.4. The van der Waals surface area contributed by atoms with E-state index in [1.165, 1.54) is 38.3 Å². The van der Waals surface area contributed by atoms with Gasteiger partial charge in [0, 0.05) is 17.4 Å². The van der Waals surface area contributed by atoms with E-state index in [0.29, 0.717) is 11.5 Å². The molecule has 2 aliphatic carbocycles. The molecule has 4 nitrogen and oxygen atoms in total. The van der Waals surface area contributed by atoms with Gasteiger partial charge in [0.1, 0.15) is 5.82 Å². The second-order valence-electron chi connectivity index (χ2n) is 5.74. The number of nitrogens with zero attached hydrogens (tertiary/aromatic N) is 2. The van der Waals surface area contributed by atoms with Crippen LogP contribution in [0, 0.1) is 0 Å². The standard InChI is InChI=1S/C15H20N2O2S/c18-15(19)12-8-16-13(17-14(12)10-6-7-10)9-20-11-4-2-1-3-5-11/h8,10-11H,1-7,9H2,(H,18,19). The highest BCUT2D eigenvalue weighted by Gasteiger charge is 2.30. The number of thioether (sulfide) groups is 1. The number of aromatic carboxylic acids is 1. The topological polar surface area (TPSA) is 63.1 Å². The summed E-state index contributed by atoms with van der Waals surface area (Å²) >= 11 is 1.93. The highest BCUT2D eigenvalue weighted by Crippen LogP contribution is 2.40. The summed E-state index contributed by atoms with van der Waals surface area (Å²) in [6.07, 6.45) is 10.3. The molecule has 1 aromatic rings. The van der Waals surface area contributed by atoms with E-state index in [1.807, 2.05) is 11.8 Å². The number of rotatable bonds is 5. The van der Waals surface area contributed by atoms with Crippen LogP contribution < -0.4 is 0 Å². The summed E-state index contributed by atoms with van der Waals surface area (Å²) in [7, 11) is 0. The lowest BCUT2D eigenvalue weighted by Gasteiger charge is -2.20. The van der Waals surface area contributed by atoms with Crippen molar-refractivity contribution in [2.24, 2.45) is 0 Å². The van der Waals surface area contributed by atoms with Crippen molar-refractivity contribution < 1.29 is 9.90 Å². The first kappa shape index (κ1) is 13.9. The molecular weight excluding hydrogens is 272 g/mol. The van der Waals surface area contributed by atoms with Crippen LogP contribution >= 0.6 is 11.8 Å². The maximum absolute atomic E-state index is 11.2. The Morgan fingerprint density at radius 2 is 2.00 bits per heavy atom. The third kappa shape index (κ3) is 3.32. The molecule has 0 unspecified atom stereocenters. The van der Waals surface area contributed by atoms with E-state index in [1.54, 1.807) is 0 Å². The lowest BCUT2D eigenvalue weighted by atomic mass is 10.0. The predicted octanol–water partition coefficient (Wildman–Crippen LogP) is 3.62. The van der Waals surface area contributed by atoms with Gasteiger partial charge in [-0.05, 0) is 25.7 Å². The Hall–Kier alpha value is -1.10. The van der Waals surface area contributed by atoms with Gasteiger partial charge >= 0.3 is 5.97 Å². The molecule has 3 rings (SSSR count). The lowest BCUT2D eigenvalue weighted by molar-refractivity contribution is 0.0694. The molecule has 0 amide bonds. The number of carboxylic acids is 1. The van der Waals surface area contributed by atoms with Crippen LogP contribution in [0.1, 0.15) is 72.7 Å². The molecule has 0 aromatic carbocycles. The molecule has 0 saturated heterocycles. The van der Waals surface area contributed by atoms with E-state index in [-0.39, 0.29) is 0 Å². The first-order valence-electron chi connectivity index (χ1n) is 7.45. The molecule has 0 atom stereocenters. The van der Waals surface area contributed by atoms with Gasteiger partial charge < -0.3 is 5.11 Å². The molecule has 2 aliphatic rings. The number of carbonyl (C=O) groups is 1. The molecule has 0 spiro atoms. The summed E-state index contributed by atoms with van der Waals surface area (Å²) in [5.74, 6) is 1.05. The van der Waals surface area contributed by atoms with Crippen LogP contribution in [0.4, 0.5) is 0 Å². The Morgan fingerprint density at radius 1 is 1.25 bits per heavy atom. The minimum Gasteiger partial charge on any atom is -0.478 e. The first-order chi connectivity index (χ1) is 9.74. The van der Waals surface area contributed by atoms with Crippen molar-refractivity contribution in [3.8, 4) is 0 Å². The second kappa shape index (κ2) is 6.12. The van der Waals surface area contributed by atoms with Crippen molar-refractivity contribution in [2.75, 3.05) is 0 Å². The van der Waals surface area contributed by atoms with Crippen molar-refractivity contribution in [2.45, 2.75) is 61.9 Å². The van der Waals surface area contributed by atoms with E-state index in [4.69, 9.17) is 0 Å². The molecular formula is C15H20N2O2S. The maximum Gasteiger partial charge on any atom is 0.339 e. The van der Waals surface area contributed by atoms with Gasteiger partial charge in [-0.15, -0.1) is 0 Å². The summed E-state index contributed by atoms with van der Waals surface area (Å²) in [6.45, 7) is 0. The zero-order chi connectivity index (χ0) is 13.9. The third-order valence-corrected chi connectivity index (χ3v) is 5.43. The van der Waals surface area contributed by atoms with Gasteiger partial charge in [0.15, 0.2) is 0 Å². The lowest BCUT2D eigenvalue weighted by Crippen LogP contribution is -2.11. The molecule has 2 saturated carbocycles. The Kier molecular flexibility index (Phi) is 4.24. The van der Waals surface area contributed by atoms with Crippen LogP contribution in [0.25, 0.3) is 0 Å². The fourth-order valence-electron chi connectivity index (χ4n) is 2.76. The first-order valence-corrected chi connectivity index (χ1v) is 8.49. The van der Waals surface area contributed by atoms with Crippen LogP contribution in [-0.4, -0.2) is 26.3 Å². The minimum absolute atomic E-state index is 0.291. The van der Waals surface area contributed by atoms with Crippen molar-refractivity contribution >= 4 is 17.7 Å². The van der Waals surface area contributed by atoms with Gasteiger partial charge in [-0.1, -0.05) is 19.3 Å². The molecule has 5 heteroatoms. The van der Waals surface area contributed by atoms with E-state index >= 15 is 0 Å². The molecule has 2 fully saturated rings. The minimum atomic E-state index is -0.904. The fourth-order valence-corrected chi connectivity index (χ4v) is 3.95. The number of hydrogen-bond donors (Lipinski definition) is 1. The molecule has 0 radical (unpaired) electrons. The largest absolute Gasteiger partial charge is 0.478 e. The molecule has 20 heavy (non-hydrogen) atoms. The summed E-state index contributed by atoms with van der Waals surface area (Å²) in [4.78, 5) is 20.0. The number of aromatic nitrogens is 2. The Labute approximate surface area is 123 Å². The van der Waals surface area contributed by atoms with E-state index in [9.17, 15) is 9.90 Å². The summed E-state index contributed by atoms with van der Waals surface area (Å²) in [5.41, 5.74) is 1.05. The van der Waals surface area contributed by atoms with E-state index < -0.39 is 5.97 Å². The maximum atomic E-state index is 11.2. The fraction of sp³-hybridized carbons (Fsp3) is 0.667. The van der Waals surface area contributed by atoms with Gasteiger partial charge in [-0.3, -0.25) is 0 Å². The average Bonchev–Trinajstić information content (AvgIpc) is 3.30. The van der Waals surface area contributed by atoms with Crippen LogP contribution in [0.5, 0.6) is 0 Å². The van der Waals surface area contributed by atoms with Crippen molar-refractivity contribution in [3.63, 3.8) is 0 Å². The SMILES string of the molecule is O=C(O)c1cnc(CSC2CCCCC2)nc1C1CC1. The van der Waals surface area contributed by atoms with Crippen molar-refractivity contribution in [1.82, 2.24) is 9.97 Å². The van der Waals surface area contributed by atoms with Gasteiger partial charge in [0.05, 0.1) is 17.0 Å². The number of carboxylic acid groups (broad SMARTS) is 1. The molecule has 108 valence electrons. The van der Waals surface area contributed by atoms with Crippen molar-refractivity contribution in [1.29, 1.82) is 0 Å². The van der Waals surface area contributed by atoms with Crippen LogP contribution in [0.3, 0.4) is 0 Å². The average molecular weight is 292 g/mol. The molecule has 0 aliphatic heterocycles. The molecule has 0 bridgehead atoms. The Bertz CT molecular complexity index is 497. The highest BCUT2D eigenvalue weighted by atomic mass is 32.2. The van der Waals surface area contributed by atoms with Gasteiger partial charge in [-0.25, -0.2) is 14.8 Å². The quantitative estimate of drug-likeness (QED) is 0.898. The predicted molar refractivity (Wildman–Crippen MR) is 79.1 cm³/mol. The van der Waals surface area contributed by atoms with E-state index in [0.717, 1.165) is 35.4 Å². The summed E-state index contributed by atoms with van der Waals surface area (Å²) in [6, 6.07) is 0. The third-order valence-electron chi connectivity index (χ3n) is 4.06. The zero-order valence-electron chi connectivity index (χ0n) is 11.5. The van der Waals surface area contributed by atoms with Crippen LogP contribution in [0.15, 0.2) is 6.20 Å². The van der Waals surface area contributed by atoms with Gasteiger partial charge in [-0.2, -0.15) is 11.8 Å². The monoisotopic (exact) mass is 292 g/mol. The van der Waals surface area contributed by atoms with Crippen molar-refractivity contribution in [3.05, 3.63) is 23.3 Å².